The number of carbonyl (C=O) groups excluding carboxylic acids is 2. The summed E-state index contributed by atoms with van der Waals surface area (Å²) in [6.07, 6.45) is 1.31. The summed E-state index contributed by atoms with van der Waals surface area (Å²) in [6, 6.07) is 15.5. The summed E-state index contributed by atoms with van der Waals surface area (Å²) in [7, 11) is 0. The zero-order chi connectivity index (χ0) is 19.2. The molecule has 0 aliphatic heterocycles. The number of halogens is 1. The maximum Gasteiger partial charge on any atom is 0.274 e. The van der Waals surface area contributed by atoms with Crippen LogP contribution in [0.5, 0.6) is 0 Å². The first-order chi connectivity index (χ1) is 13.0. The van der Waals surface area contributed by atoms with Gasteiger partial charge in [0.1, 0.15) is 17.8 Å². The lowest BCUT2D eigenvalue weighted by Crippen LogP contribution is -2.14. The maximum atomic E-state index is 12.4. The van der Waals surface area contributed by atoms with Gasteiger partial charge in [-0.15, -0.1) is 0 Å². The van der Waals surface area contributed by atoms with Crippen molar-refractivity contribution < 1.29 is 9.59 Å². The molecule has 0 bridgehead atoms. The number of nitrogens with zero attached hydrogens (tertiary/aromatic N) is 2. The zero-order valence-corrected chi connectivity index (χ0v) is 15.1. The van der Waals surface area contributed by atoms with Crippen LogP contribution in [0.3, 0.4) is 0 Å². The van der Waals surface area contributed by atoms with E-state index in [4.69, 9.17) is 11.6 Å². The fourth-order valence-electron chi connectivity index (χ4n) is 2.30. The number of anilines is 4. The van der Waals surface area contributed by atoms with E-state index in [9.17, 15) is 9.59 Å². The van der Waals surface area contributed by atoms with Gasteiger partial charge < -0.3 is 16.0 Å². The molecule has 3 aromatic rings. The molecule has 3 rings (SSSR count). The molecule has 0 fully saturated rings. The van der Waals surface area contributed by atoms with Crippen LogP contribution in [-0.4, -0.2) is 21.8 Å². The predicted octanol–water partition coefficient (Wildman–Crippen LogP) is 4.08. The number of benzene rings is 2. The molecular weight excluding hydrogens is 366 g/mol. The van der Waals surface area contributed by atoms with Crippen LogP contribution in [0.2, 0.25) is 5.02 Å². The number of aromatic nitrogens is 2. The summed E-state index contributed by atoms with van der Waals surface area (Å²) >= 11 is 5.92. The number of carbonyl (C=O) groups is 2. The van der Waals surface area contributed by atoms with Crippen molar-refractivity contribution in [2.75, 3.05) is 16.0 Å². The number of rotatable bonds is 5. The molecule has 0 atom stereocenters. The highest BCUT2D eigenvalue weighted by molar-refractivity contribution is 6.30. The Morgan fingerprint density at radius 1 is 0.889 bits per heavy atom. The van der Waals surface area contributed by atoms with E-state index in [0.717, 1.165) is 5.69 Å². The number of hydrogen-bond acceptors (Lipinski definition) is 5. The van der Waals surface area contributed by atoms with Gasteiger partial charge >= 0.3 is 0 Å². The average Bonchev–Trinajstić information content (AvgIpc) is 2.63. The van der Waals surface area contributed by atoms with Crippen molar-refractivity contribution in [1.82, 2.24) is 9.97 Å². The molecule has 0 unspecified atom stereocenters. The largest absolute Gasteiger partial charge is 0.340 e. The van der Waals surface area contributed by atoms with Gasteiger partial charge in [0, 0.05) is 35.1 Å². The maximum absolute atomic E-state index is 12.4. The lowest BCUT2D eigenvalue weighted by Gasteiger charge is -2.09. The highest BCUT2D eigenvalue weighted by atomic mass is 35.5. The summed E-state index contributed by atoms with van der Waals surface area (Å²) in [4.78, 5) is 31.5. The third-order valence-electron chi connectivity index (χ3n) is 3.46. The van der Waals surface area contributed by atoms with E-state index in [1.165, 1.54) is 13.3 Å². The minimum atomic E-state index is -0.372. The Labute approximate surface area is 160 Å². The summed E-state index contributed by atoms with van der Waals surface area (Å²) in [6.45, 7) is 1.45. The van der Waals surface area contributed by atoms with Crippen LogP contribution < -0.4 is 16.0 Å². The number of hydrogen-bond donors (Lipinski definition) is 3. The molecule has 7 nitrogen and oxygen atoms in total. The van der Waals surface area contributed by atoms with Crippen LogP contribution in [0, 0.1) is 0 Å². The molecule has 136 valence electrons. The third kappa shape index (κ3) is 5.26. The molecular formula is C19H16ClN5O2. The van der Waals surface area contributed by atoms with E-state index in [-0.39, 0.29) is 17.5 Å². The first-order valence-electron chi connectivity index (χ1n) is 8.03. The molecule has 2 aromatic carbocycles. The second-order valence-electron chi connectivity index (χ2n) is 5.64. The molecule has 3 N–H and O–H groups in total. The Hall–Kier alpha value is -3.45. The van der Waals surface area contributed by atoms with Crippen molar-refractivity contribution in [1.29, 1.82) is 0 Å². The molecule has 0 spiro atoms. The summed E-state index contributed by atoms with van der Waals surface area (Å²) in [5.74, 6) is -0.0425. The zero-order valence-electron chi connectivity index (χ0n) is 14.4. The molecule has 1 heterocycles. The summed E-state index contributed by atoms with van der Waals surface area (Å²) in [5, 5.41) is 9.04. The lowest BCUT2D eigenvalue weighted by molar-refractivity contribution is -0.114. The lowest BCUT2D eigenvalue weighted by atomic mass is 10.2. The normalized spacial score (nSPS) is 10.1. The van der Waals surface area contributed by atoms with E-state index in [1.54, 1.807) is 54.6 Å². The van der Waals surface area contributed by atoms with Gasteiger partial charge in [-0.2, -0.15) is 0 Å². The molecule has 0 aliphatic rings. The van der Waals surface area contributed by atoms with E-state index in [1.807, 2.05) is 0 Å². The van der Waals surface area contributed by atoms with Crippen molar-refractivity contribution >= 4 is 46.3 Å². The molecule has 2 amide bonds. The fourth-order valence-corrected chi connectivity index (χ4v) is 2.49. The van der Waals surface area contributed by atoms with Crippen molar-refractivity contribution in [3.63, 3.8) is 0 Å². The summed E-state index contributed by atoms with van der Waals surface area (Å²) < 4.78 is 0. The van der Waals surface area contributed by atoms with Crippen molar-refractivity contribution in [3.05, 3.63) is 71.6 Å². The van der Waals surface area contributed by atoms with Crippen molar-refractivity contribution in [2.24, 2.45) is 0 Å². The van der Waals surface area contributed by atoms with E-state index in [0.29, 0.717) is 22.2 Å². The van der Waals surface area contributed by atoms with Gasteiger partial charge in [-0.3, -0.25) is 9.59 Å². The molecule has 8 heteroatoms. The molecule has 27 heavy (non-hydrogen) atoms. The van der Waals surface area contributed by atoms with Crippen LogP contribution in [0.15, 0.2) is 60.9 Å². The minimum Gasteiger partial charge on any atom is -0.340 e. The predicted molar refractivity (Wildman–Crippen MR) is 105 cm³/mol. The van der Waals surface area contributed by atoms with E-state index in [2.05, 4.69) is 25.9 Å². The van der Waals surface area contributed by atoms with Crippen molar-refractivity contribution in [3.8, 4) is 0 Å². The van der Waals surface area contributed by atoms with Crippen molar-refractivity contribution in [2.45, 2.75) is 6.92 Å². The first-order valence-corrected chi connectivity index (χ1v) is 8.41. The van der Waals surface area contributed by atoms with Crippen LogP contribution >= 0.6 is 11.6 Å². The van der Waals surface area contributed by atoms with Gasteiger partial charge in [-0.25, -0.2) is 9.97 Å². The third-order valence-corrected chi connectivity index (χ3v) is 3.69. The Morgan fingerprint density at radius 3 is 2.33 bits per heavy atom. The van der Waals surface area contributed by atoms with Gasteiger partial charge in [0.25, 0.3) is 5.91 Å². The second kappa shape index (κ2) is 8.29. The molecule has 0 saturated carbocycles. The number of amides is 2. The van der Waals surface area contributed by atoms with Gasteiger partial charge in [0.15, 0.2) is 0 Å². The highest BCUT2D eigenvalue weighted by Gasteiger charge is 2.10. The average molecular weight is 382 g/mol. The van der Waals surface area contributed by atoms with Crippen LogP contribution in [0.25, 0.3) is 0 Å². The standard InChI is InChI=1S/C19H16ClN5O2/c1-12(26)23-14-5-7-15(8-6-14)24-18-10-17(21-11-22-18)19(27)25-16-4-2-3-13(20)9-16/h2-11H,1H3,(H,23,26)(H,25,27)(H,21,22,24). The SMILES string of the molecule is CC(=O)Nc1ccc(Nc2cc(C(=O)Nc3cccc(Cl)c3)ncn2)cc1. The van der Waals surface area contributed by atoms with Crippen LogP contribution in [0.4, 0.5) is 22.9 Å². The minimum absolute atomic E-state index is 0.137. The molecule has 1 aromatic heterocycles. The quantitative estimate of drug-likeness (QED) is 0.618. The monoisotopic (exact) mass is 381 g/mol. The van der Waals surface area contributed by atoms with Crippen LogP contribution in [-0.2, 0) is 4.79 Å². The van der Waals surface area contributed by atoms with Gasteiger partial charge in [-0.1, -0.05) is 17.7 Å². The van der Waals surface area contributed by atoms with Gasteiger partial charge in [-0.05, 0) is 42.5 Å². The first kappa shape index (κ1) is 18.3. The Kier molecular flexibility index (Phi) is 5.63. The Morgan fingerprint density at radius 2 is 1.63 bits per heavy atom. The van der Waals surface area contributed by atoms with Gasteiger partial charge in [0.05, 0.1) is 0 Å². The van der Waals surface area contributed by atoms with Crippen LogP contribution in [0.1, 0.15) is 17.4 Å². The van der Waals surface area contributed by atoms with E-state index >= 15 is 0 Å². The van der Waals surface area contributed by atoms with Gasteiger partial charge in [0.2, 0.25) is 5.91 Å². The Bertz CT molecular complexity index is 976. The second-order valence-corrected chi connectivity index (χ2v) is 6.07. The topological polar surface area (TPSA) is 96.0 Å². The Balaban J connectivity index is 1.69. The smallest absolute Gasteiger partial charge is 0.274 e. The highest BCUT2D eigenvalue weighted by Crippen LogP contribution is 2.19. The molecule has 0 radical (unpaired) electrons. The fraction of sp³-hybridized carbons (Fsp3) is 0.0526. The molecule has 0 aliphatic carbocycles. The van der Waals surface area contributed by atoms with E-state index < -0.39 is 0 Å². The number of nitrogens with one attached hydrogen (secondary N) is 3. The summed E-state index contributed by atoms with van der Waals surface area (Å²) in [5.41, 5.74) is 2.23. The molecule has 0 saturated heterocycles.